The maximum Gasteiger partial charge on any atom is 0.329 e. The Balaban J connectivity index is 1.99. The smallest absolute Gasteiger partial charge is 0.329 e. The summed E-state index contributed by atoms with van der Waals surface area (Å²) >= 11 is 0. The Hall–Kier alpha value is -8.58. The van der Waals surface area contributed by atoms with E-state index in [1.807, 2.05) is 0 Å². The van der Waals surface area contributed by atoms with Gasteiger partial charge in [-0.25, -0.2) is 4.79 Å². The minimum atomic E-state index is -1.83. The van der Waals surface area contributed by atoms with Crippen molar-refractivity contribution in [2.75, 3.05) is 13.1 Å². The van der Waals surface area contributed by atoms with Gasteiger partial charge in [0.2, 0.25) is 70.9 Å². The SMILES string of the molecule is C/C=C1\NC(=O)[C@H](Cc2ccccc2)NC(=O)[C@@H](C(C)C)NC(=O)C([C@@H](C)CC)NC(=O)C(NC(=O)[C@@H](NC(=O)[C@H](CCCN)NC(=O)[C@H]2CCCN2C(=O)[C@H](NC(=O)[C@@H](NC(=O)[C@@H](NC(=O)[C@H](NC(=O)CCCC(C)(C)O)C(C)C)[C@@H](C)O)C(C)C)C(C)C)[C@H](C)CC)C(C)OC(=O)[C@H](C(C)C)NC1=O. The molecular weight excluding hydrogens is 1370 g/mol. The van der Waals surface area contributed by atoms with E-state index in [2.05, 4.69) is 63.8 Å². The quantitative estimate of drug-likeness (QED) is 0.0344. The van der Waals surface area contributed by atoms with Crippen molar-refractivity contribution >= 4 is 82.8 Å². The number of ether oxygens (including phenoxy) is 1. The average molecular weight is 1490 g/mol. The molecule has 16 atom stereocenters. The molecule has 2 fully saturated rings. The number of esters is 1. The Bertz CT molecular complexity index is 3210. The van der Waals surface area contributed by atoms with E-state index in [4.69, 9.17) is 10.5 Å². The first-order valence-electron chi connectivity index (χ1n) is 37.5. The lowest BCUT2D eigenvalue weighted by Crippen LogP contribution is -2.64. The molecule has 0 aliphatic carbocycles. The van der Waals surface area contributed by atoms with E-state index in [0.717, 1.165) is 0 Å². The summed E-state index contributed by atoms with van der Waals surface area (Å²) < 4.78 is 5.96. The number of cyclic esters (lactones) is 1. The minimum absolute atomic E-state index is 0.0134. The summed E-state index contributed by atoms with van der Waals surface area (Å²) in [4.78, 5) is 202. The molecule has 596 valence electrons. The number of amides is 13. The Kier molecular flexibility index (Phi) is 37.4. The van der Waals surface area contributed by atoms with Crippen LogP contribution >= 0.6 is 0 Å². The maximum atomic E-state index is 15.0. The third kappa shape index (κ3) is 28.0. The summed E-state index contributed by atoms with van der Waals surface area (Å²) in [6.07, 6.45) is 0.00873. The van der Waals surface area contributed by atoms with Gasteiger partial charge in [0.1, 0.15) is 84.3 Å². The van der Waals surface area contributed by atoms with E-state index < -0.39 is 214 Å². The number of benzene rings is 1. The number of carbonyl (C=O) groups is 14. The molecule has 106 heavy (non-hydrogen) atoms. The first-order chi connectivity index (χ1) is 49.5. The van der Waals surface area contributed by atoms with Crippen molar-refractivity contribution < 1.29 is 82.1 Å². The molecule has 1 aromatic carbocycles. The zero-order chi connectivity index (χ0) is 80.4. The summed E-state index contributed by atoms with van der Waals surface area (Å²) in [7, 11) is 0. The third-order valence-corrected chi connectivity index (χ3v) is 19.3. The predicted molar refractivity (Wildman–Crippen MR) is 397 cm³/mol. The maximum absolute atomic E-state index is 15.0. The lowest BCUT2D eigenvalue weighted by molar-refractivity contribution is -0.157. The highest BCUT2D eigenvalue weighted by molar-refractivity contribution is 6.03. The number of nitrogens with two attached hydrogens (primary N) is 1. The topological polar surface area (TPSA) is 462 Å². The van der Waals surface area contributed by atoms with E-state index in [0.29, 0.717) is 31.2 Å². The second-order valence-electron chi connectivity index (χ2n) is 30.6. The number of aliphatic hydroxyl groups is 2. The van der Waals surface area contributed by atoms with E-state index >= 15 is 9.59 Å². The molecule has 16 N–H and O–H groups in total. The first-order valence-corrected chi connectivity index (χ1v) is 37.5. The Morgan fingerprint density at radius 3 is 1.71 bits per heavy atom. The van der Waals surface area contributed by atoms with Crippen LogP contribution < -0.4 is 69.5 Å². The van der Waals surface area contributed by atoms with Crippen LogP contribution in [0.5, 0.6) is 0 Å². The molecular formula is C75H124N14O17. The van der Waals surface area contributed by atoms with Gasteiger partial charge in [0.15, 0.2) is 0 Å². The number of nitrogens with zero attached hydrogens (tertiary/aromatic N) is 1. The van der Waals surface area contributed by atoms with Crippen molar-refractivity contribution in [1.29, 1.82) is 0 Å². The summed E-state index contributed by atoms with van der Waals surface area (Å²) in [5.41, 5.74) is 5.33. The molecule has 3 rings (SSSR count). The van der Waals surface area contributed by atoms with Gasteiger partial charge in [-0.2, -0.15) is 0 Å². The van der Waals surface area contributed by atoms with Crippen molar-refractivity contribution in [1.82, 2.24) is 68.7 Å². The van der Waals surface area contributed by atoms with Crippen molar-refractivity contribution in [2.24, 2.45) is 47.2 Å². The number of allylic oxidation sites excluding steroid dienone is 1. The zero-order valence-electron chi connectivity index (χ0n) is 65.6. The number of nitrogens with one attached hydrogen (secondary N) is 12. The Labute approximate surface area is 625 Å². The van der Waals surface area contributed by atoms with Crippen LogP contribution in [0.25, 0.3) is 0 Å². The molecule has 31 nitrogen and oxygen atoms in total. The number of likely N-dealkylation sites (tertiary alicyclic amines) is 1. The molecule has 3 unspecified atom stereocenters. The molecule has 2 aliphatic rings. The van der Waals surface area contributed by atoms with Gasteiger partial charge in [0, 0.05) is 19.4 Å². The van der Waals surface area contributed by atoms with E-state index in [1.165, 1.54) is 31.7 Å². The standard InChI is InChI=1S/C75H124N14O17/c1-20-43(14)58(70(100)88-61-46(17)106-74(104)57(42(12)13)84-62(92)48(22-3)77-64(94)50(37-47-29-24-23-25-30-47)79-66(96)54(39(6)7)81-69(99)59(44(15)21-2)86-72(61)102)85-63(93)49(31-27-35-76)78-65(95)51-32-28-36-89(51)73(103)56(41(10)11)83-68(98)55(40(8)9)82-71(101)60(45(16)90)87-67(97)53(38(4)5)80-52(91)33-26-34-75(18,19)105/h22-25,29-30,38-46,49-51,53-61,90,105H,20-21,26-28,31-37,76H2,1-19H3,(H,77,94)(H,78,95)(H,79,96)(H,80,91)(H,81,99)(H,82,101)(H,83,98)(H,84,92)(H,85,93)(H,86,102)(H,87,97)(H,88,100)/b48-22-/t43-,44+,45-,46?,49+,50+,51-,53-,54-,55+,56-,57+,58+,59?,60+,61?/m1/s1. The van der Waals surface area contributed by atoms with E-state index in [1.54, 1.807) is 141 Å². The molecule has 0 radical (unpaired) electrons. The van der Waals surface area contributed by atoms with E-state index in [-0.39, 0.29) is 57.3 Å². The lowest BCUT2D eigenvalue weighted by Gasteiger charge is -2.33. The number of aliphatic hydroxyl groups excluding tert-OH is 1. The molecule has 0 saturated carbocycles. The van der Waals surface area contributed by atoms with Crippen molar-refractivity contribution in [3.63, 3.8) is 0 Å². The van der Waals surface area contributed by atoms with Gasteiger partial charge in [0.25, 0.3) is 5.91 Å². The number of hydrogen-bond acceptors (Lipinski definition) is 18. The van der Waals surface area contributed by atoms with Gasteiger partial charge < -0.3 is 89.4 Å². The summed E-state index contributed by atoms with van der Waals surface area (Å²) in [6.45, 7) is 30.7. The average Bonchev–Trinajstić information content (AvgIpc) is 1.54. The molecule has 13 amide bonds. The summed E-state index contributed by atoms with van der Waals surface area (Å²) in [6, 6.07) is -7.88. The van der Waals surface area contributed by atoms with Crippen LogP contribution in [0.2, 0.25) is 0 Å². The number of rotatable bonds is 33. The van der Waals surface area contributed by atoms with E-state index in [9.17, 15) is 67.7 Å². The summed E-state index contributed by atoms with van der Waals surface area (Å²) in [5, 5.41) is 53.1. The minimum Gasteiger partial charge on any atom is -0.458 e. The van der Waals surface area contributed by atoms with Crippen LogP contribution in [0.1, 0.15) is 195 Å². The second-order valence-corrected chi connectivity index (χ2v) is 30.6. The fraction of sp³-hybridized carbons (Fsp3) is 0.707. The normalized spacial score (nSPS) is 22.6. The van der Waals surface area contributed by atoms with Crippen LogP contribution in [-0.4, -0.2) is 201 Å². The van der Waals surface area contributed by atoms with Crippen molar-refractivity contribution in [3.8, 4) is 0 Å². The Morgan fingerprint density at radius 1 is 0.642 bits per heavy atom. The highest BCUT2D eigenvalue weighted by Crippen LogP contribution is 2.23. The molecule has 0 bridgehead atoms. The summed E-state index contributed by atoms with van der Waals surface area (Å²) in [5.74, 6) is -15.9. The highest BCUT2D eigenvalue weighted by atomic mass is 16.5. The highest BCUT2D eigenvalue weighted by Gasteiger charge is 2.45. The molecule has 2 saturated heterocycles. The fourth-order valence-corrected chi connectivity index (χ4v) is 12.1. The van der Waals surface area contributed by atoms with Gasteiger partial charge in [0.05, 0.1) is 11.7 Å². The zero-order valence-corrected chi connectivity index (χ0v) is 65.6. The molecule has 0 spiro atoms. The van der Waals surface area contributed by atoms with Crippen LogP contribution in [0.3, 0.4) is 0 Å². The molecule has 2 heterocycles. The van der Waals surface area contributed by atoms with Gasteiger partial charge >= 0.3 is 5.97 Å². The fourth-order valence-electron chi connectivity index (χ4n) is 12.1. The Morgan fingerprint density at radius 2 is 1.18 bits per heavy atom. The van der Waals surface area contributed by atoms with Crippen LogP contribution in [0, 0.1) is 41.4 Å². The third-order valence-electron chi connectivity index (χ3n) is 19.3. The molecule has 1 aromatic rings. The van der Waals surface area contributed by atoms with Crippen molar-refractivity contribution in [3.05, 3.63) is 47.7 Å². The largest absolute Gasteiger partial charge is 0.458 e. The molecule has 31 heteroatoms. The lowest BCUT2D eigenvalue weighted by atomic mass is 9.95. The molecule has 2 aliphatic heterocycles. The van der Waals surface area contributed by atoms with Gasteiger partial charge in [-0.05, 0) is 127 Å². The monoisotopic (exact) mass is 1490 g/mol. The number of carbonyl (C=O) groups excluding carboxylic acids is 14. The predicted octanol–water partition coefficient (Wildman–Crippen LogP) is 0.951. The van der Waals surface area contributed by atoms with Gasteiger partial charge in [-0.1, -0.05) is 146 Å². The second kappa shape index (κ2) is 43.3. The van der Waals surface area contributed by atoms with Crippen LogP contribution in [-0.2, 0) is 78.3 Å². The van der Waals surface area contributed by atoms with Crippen LogP contribution in [0.15, 0.2) is 42.1 Å². The van der Waals surface area contributed by atoms with Gasteiger partial charge in [-0.3, -0.25) is 62.3 Å². The number of hydrogen-bond donors (Lipinski definition) is 15. The molecule has 0 aromatic heterocycles. The van der Waals surface area contributed by atoms with Crippen LogP contribution in [0.4, 0.5) is 0 Å². The van der Waals surface area contributed by atoms with Crippen molar-refractivity contribution in [2.45, 2.75) is 286 Å². The first kappa shape index (κ1) is 91.6. The van der Waals surface area contributed by atoms with Gasteiger partial charge in [-0.15, -0.1) is 0 Å².